The summed E-state index contributed by atoms with van der Waals surface area (Å²) in [5, 5.41) is 42.5. The molecule has 1 aromatic rings. The fraction of sp³-hybridized carbons (Fsp3) is 0.524. The number of hydrogen-bond acceptors (Lipinski definition) is 6. The van der Waals surface area contributed by atoms with E-state index in [0.717, 1.165) is 31.5 Å². The molecular weight excluding hydrogens is 408 g/mol. The third-order valence-corrected chi connectivity index (χ3v) is 4.54. The highest BCUT2D eigenvalue weighted by Gasteiger charge is 2.28. The van der Waals surface area contributed by atoms with Crippen molar-refractivity contribution in [1.82, 2.24) is 5.32 Å². The van der Waals surface area contributed by atoms with Crippen LogP contribution in [-0.4, -0.2) is 63.0 Å². The number of benzene rings is 1. The maximum Gasteiger partial charge on any atom is 0.303 e. The van der Waals surface area contributed by atoms with Crippen LogP contribution in [0.1, 0.15) is 38.5 Å². The number of terminal acetylenes is 1. The molecule has 6 N–H and O–H groups in total. The Balaban J connectivity index is 0.000000311. The van der Waals surface area contributed by atoms with Gasteiger partial charge in [-0.2, -0.15) is 0 Å². The summed E-state index contributed by atoms with van der Waals surface area (Å²) in [6.45, 7) is 0.900. The van der Waals surface area contributed by atoms with Crippen molar-refractivity contribution < 1.29 is 30.0 Å². The third-order valence-electron chi connectivity index (χ3n) is 4.29. The molecule has 30 heavy (non-hydrogen) atoms. The monoisotopic (exact) mass is 438 g/mol. The predicted molar refractivity (Wildman–Crippen MR) is 118 cm³/mol. The zero-order valence-electron chi connectivity index (χ0n) is 16.8. The number of hydrogen-bond donors (Lipinski definition) is 6. The molecule has 8 nitrogen and oxygen atoms in total. The van der Waals surface area contributed by atoms with Gasteiger partial charge in [-0.1, -0.05) is 0 Å². The minimum Gasteiger partial charge on any atom is -0.508 e. The van der Waals surface area contributed by atoms with Crippen LogP contribution in [0.2, 0.25) is 0 Å². The second kappa shape index (κ2) is 14.6. The molecule has 1 saturated heterocycles. The van der Waals surface area contributed by atoms with E-state index in [1.807, 2.05) is 0 Å². The van der Waals surface area contributed by atoms with Crippen LogP contribution in [0.3, 0.4) is 0 Å². The number of carboxylic acids is 1. The van der Waals surface area contributed by atoms with E-state index in [0.29, 0.717) is 18.0 Å². The highest BCUT2D eigenvalue weighted by Crippen LogP contribution is 2.18. The van der Waals surface area contributed by atoms with Gasteiger partial charge >= 0.3 is 5.97 Å². The minimum absolute atomic E-state index is 0.0352. The van der Waals surface area contributed by atoms with Crippen molar-refractivity contribution in [3.63, 3.8) is 0 Å². The molecule has 9 heteroatoms. The van der Waals surface area contributed by atoms with Gasteiger partial charge in [-0.05, 0) is 55.7 Å². The number of aliphatic carboxylic acids is 1. The van der Waals surface area contributed by atoms with Crippen LogP contribution < -0.4 is 10.6 Å². The van der Waals surface area contributed by atoms with E-state index in [2.05, 4.69) is 16.6 Å². The maximum absolute atomic E-state index is 10.2. The summed E-state index contributed by atoms with van der Waals surface area (Å²) in [5.74, 6) is 1.97. The molecule has 0 saturated carbocycles. The average Bonchev–Trinajstić information content (AvgIpc) is 2.71. The number of phenolic OH excluding ortho intramolecular Hbond substituents is 1. The summed E-state index contributed by atoms with van der Waals surface area (Å²) < 4.78 is 5.14. The van der Waals surface area contributed by atoms with E-state index in [1.165, 1.54) is 0 Å². The van der Waals surface area contributed by atoms with Crippen molar-refractivity contribution >= 4 is 29.0 Å². The van der Waals surface area contributed by atoms with E-state index >= 15 is 0 Å². The van der Waals surface area contributed by atoms with E-state index in [9.17, 15) is 9.90 Å². The molecule has 0 amide bonds. The van der Waals surface area contributed by atoms with Gasteiger partial charge in [0.1, 0.15) is 11.9 Å². The van der Waals surface area contributed by atoms with Gasteiger partial charge in [-0.3, -0.25) is 4.79 Å². The molecule has 1 aromatic carbocycles. The normalized spacial score (nSPS) is 20.2. The summed E-state index contributed by atoms with van der Waals surface area (Å²) in [7, 11) is 0. The molecular formula is C21H30N2O6S. The van der Waals surface area contributed by atoms with Crippen LogP contribution in [0.15, 0.2) is 24.3 Å². The van der Waals surface area contributed by atoms with E-state index in [4.69, 9.17) is 38.7 Å². The van der Waals surface area contributed by atoms with Crippen LogP contribution in [0.25, 0.3) is 0 Å². The minimum atomic E-state index is -0.871. The predicted octanol–water partition coefficient (Wildman–Crippen LogP) is 1.84. The Bertz CT molecular complexity index is 692. The molecule has 1 fully saturated rings. The number of carbonyl (C=O) groups is 1. The molecule has 0 aliphatic carbocycles. The smallest absolute Gasteiger partial charge is 0.303 e. The van der Waals surface area contributed by atoms with Crippen LogP contribution in [0, 0.1) is 12.3 Å². The topological polar surface area (TPSA) is 131 Å². The second-order valence-corrected chi connectivity index (χ2v) is 7.26. The van der Waals surface area contributed by atoms with Crippen molar-refractivity contribution in [3.05, 3.63) is 24.3 Å². The van der Waals surface area contributed by atoms with Crippen molar-refractivity contribution in [1.29, 1.82) is 0 Å². The van der Waals surface area contributed by atoms with Gasteiger partial charge in [-0.15, -0.1) is 12.3 Å². The van der Waals surface area contributed by atoms with Crippen LogP contribution in [0.4, 0.5) is 5.69 Å². The number of carboxylic acid groups (broad SMARTS) is 1. The number of thiocarbonyl (C=S) groups is 1. The first-order chi connectivity index (χ1) is 14.3. The van der Waals surface area contributed by atoms with Gasteiger partial charge in [-0.25, -0.2) is 0 Å². The SMILES string of the molecule is C#CCCCCNC(=S)Nc1ccc(O)cc1.O=C(O)CCC1CC(O)C(O)CO1. The molecule has 166 valence electrons. The Kier molecular flexibility index (Phi) is 12.5. The molecule has 0 spiro atoms. The number of aromatic hydroxyl groups is 1. The van der Waals surface area contributed by atoms with Crippen LogP contribution in [0.5, 0.6) is 5.75 Å². The molecule has 0 bridgehead atoms. The Morgan fingerprint density at radius 3 is 2.53 bits per heavy atom. The molecule has 1 heterocycles. The Morgan fingerprint density at radius 1 is 1.23 bits per heavy atom. The van der Waals surface area contributed by atoms with Gasteiger partial charge in [0, 0.05) is 31.5 Å². The zero-order valence-corrected chi connectivity index (χ0v) is 17.6. The average molecular weight is 439 g/mol. The summed E-state index contributed by atoms with van der Waals surface area (Å²) >= 11 is 5.12. The van der Waals surface area contributed by atoms with Gasteiger partial charge in [0.2, 0.25) is 0 Å². The highest BCUT2D eigenvalue weighted by atomic mass is 32.1. The quantitative estimate of drug-likeness (QED) is 0.156. The van der Waals surface area contributed by atoms with Crippen molar-refractivity contribution in [2.45, 2.75) is 56.8 Å². The lowest BCUT2D eigenvalue weighted by atomic mass is 10.0. The molecule has 0 radical (unpaired) electrons. The van der Waals surface area contributed by atoms with E-state index < -0.39 is 18.2 Å². The summed E-state index contributed by atoms with van der Waals surface area (Å²) in [4.78, 5) is 10.2. The molecule has 3 atom stereocenters. The van der Waals surface area contributed by atoms with E-state index in [1.54, 1.807) is 24.3 Å². The number of ether oxygens (including phenoxy) is 1. The fourth-order valence-corrected chi connectivity index (χ4v) is 2.82. The Labute approximate surface area is 182 Å². The number of aliphatic hydroxyl groups excluding tert-OH is 2. The lowest BCUT2D eigenvalue weighted by Crippen LogP contribution is -2.41. The molecule has 3 unspecified atom stereocenters. The van der Waals surface area contributed by atoms with Crippen molar-refractivity contribution in [2.24, 2.45) is 0 Å². The molecule has 1 aliphatic rings. The van der Waals surface area contributed by atoms with Crippen LogP contribution in [-0.2, 0) is 9.53 Å². The molecule has 0 aromatic heterocycles. The second-order valence-electron chi connectivity index (χ2n) is 6.85. The highest BCUT2D eigenvalue weighted by molar-refractivity contribution is 7.80. The number of anilines is 1. The van der Waals surface area contributed by atoms with Gasteiger partial charge < -0.3 is 35.8 Å². The first kappa shape index (κ1) is 25.7. The molecule has 2 rings (SSSR count). The summed E-state index contributed by atoms with van der Waals surface area (Å²) in [6, 6.07) is 6.75. The first-order valence-corrected chi connectivity index (χ1v) is 10.2. The van der Waals surface area contributed by atoms with Gasteiger partial charge in [0.25, 0.3) is 0 Å². The van der Waals surface area contributed by atoms with Crippen LogP contribution >= 0.6 is 12.2 Å². The van der Waals surface area contributed by atoms with Gasteiger partial charge in [0.05, 0.1) is 18.8 Å². The number of nitrogens with one attached hydrogen (secondary N) is 2. The van der Waals surface area contributed by atoms with Crippen molar-refractivity contribution in [3.8, 4) is 18.1 Å². The summed E-state index contributed by atoms with van der Waals surface area (Å²) in [5.41, 5.74) is 0.851. The first-order valence-electron chi connectivity index (χ1n) is 9.78. The standard InChI is InChI=1S/C13H16N2OS.C8H14O5/c1-2-3-4-5-10-14-13(17)15-11-6-8-12(16)9-7-11;9-6-3-5(1-2-8(11)12)13-4-7(6)10/h1,6-9,16H,3-5,10H2,(H2,14,15,17);5-7,9-10H,1-4H2,(H,11,12). The lowest BCUT2D eigenvalue weighted by molar-refractivity contribution is -0.141. The lowest BCUT2D eigenvalue weighted by Gasteiger charge is -2.30. The number of aliphatic hydroxyl groups is 2. The van der Waals surface area contributed by atoms with E-state index in [-0.39, 0.29) is 24.9 Å². The number of rotatable bonds is 8. The van der Waals surface area contributed by atoms with Crippen molar-refractivity contribution in [2.75, 3.05) is 18.5 Å². The number of unbranched alkanes of at least 4 members (excludes halogenated alkanes) is 2. The Hall–Kier alpha value is -2.38. The molecule has 1 aliphatic heterocycles. The fourth-order valence-electron chi connectivity index (χ4n) is 2.60. The zero-order chi connectivity index (χ0) is 22.4. The van der Waals surface area contributed by atoms with Gasteiger partial charge in [0.15, 0.2) is 5.11 Å². The number of phenols is 1. The third kappa shape index (κ3) is 11.6. The summed E-state index contributed by atoms with van der Waals surface area (Å²) in [6.07, 6.45) is 6.85. The maximum atomic E-state index is 10.2. The largest absolute Gasteiger partial charge is 0.508 e. The Morgan fingerprint density at radius 2 is 1.93 bits per heavy atom.